The molecule has 1 nitrogen and oxygen atoms in total. The second kappa shape index (κ2) is 4.83. The minimum atomic E-state index is 0.921. The highest BCUT2D eigenvalue weighted by molar-refractivity contribution is 9.09. The Kier molecular flexibility index (Phi) is 4.02. The third-order valence-corrected chi connectivity index (χ3v) is 2.99. The van der Waals surface area contributed by atoms with Crippen LogP contribution in [0.4, 0.5) is 0 Å². The fraction of sp³-hybridized carbons (Fsp3) is 0.600. The average molecular weight is 230 g/mol. The van der Waals surface area contributed by atoms with Crippen LogP contribution in [0.3, 0.4) is 0 Å². The van der Waals surface area contributed by atoms with E-state index in [0.717, 1.165) is 37.8 Å². The van der Waals surface area contributed by atoms with Crippen LogP contribution < -0.4 is 0 Å². The Balaban J connectivity index is 2.26. The van der Waals surface area contributed by atoms with Crippen LogP contribution in [0.15, 0.2) is 24.3 Å². The monoisotopic (exact) mass is 229 g/mol. The smallest absolute Gasteiger partial charge is 0.0251 e. The fourth-order valence-corrected chi connectivity index (χ4v) is 1.56. The summed E-state index contributed by atoms with van der Waals surface area (Å²) in [6, 6.07) is 0. The largest absolute Gasteiger partial charge is 0.299 e. The van der Waals surface area contributed by atoms with E-state index in [-0.39, 0.29) is 0 Å². The highest BCUT2D eigenvalue weighted by Crippen LogP contribution is 2.14. The number of alkyl halides is 1. The van der Waals surface area contributed by atoms with Gasteiger partial charge in [0.1, 0.15) is 0 Å². The topological polar surface area (TPSA) is 3.24 Å². The molecule has 1 heterocycles. The molecule has 1 aliphatic heterocycles. The minimum absolute atomic E-state index is 0.921. The van der Waals surface area contributed by atoms with Crippen LogP contribution in [-0.4, -0.2) is 29.9 Å². The van der Waals surface area contributed by atoms with Crippen molar-refractivity contribution in [2.24, 2.45) is 0 Å². The number of halogens is 1. The SMILES string of the molecule is C=C1CCN(CC(=C)CBr)CC1. The molecule has 1 saturated heterocycles. The van der Waals surface area contributed by atoms with Crippen LogP contribution >= 0.6 is 15.9 Å². The molecule has 0 atom stereocenters. The molecule has 0 radical (unpaired) electrons. The van der Waals surface area contributed by atoms with E-state index in [2.05, 4.69) is 34.0 Å². The Morgan fingerprint density at radius 1 is 1.42 bits per heavy atom. The van der Waals surface area contributed by atoms with Crippen molar-refractivity contribution < 1.29 is 0 Å². The van der Waals surface area contributed by atoms with Gasteiger partial charge in [0.05, 0.1) is 0 Å². The quantitative estimate of drug-likeness (QED) is 0.532. The number of nitrogens with zero attached hydrogens (tertiary/aromatic N) is 1. The maximum atomic E-state index is 3.99. The number of piperidine rings is 1. The van der Waals surface area contributed by atoms with E-state index in [1.165, 1.54) is 11.1 Å². The Morgan fingerprint density at radius 2 is 2.00 bits per heavy atom. The molecule has 0 amide bonds. The van der Waals surface area contributed by atoms with Gasteiger partial charge in [-0.05, 0) is 12.8 Å². The predicted molar refractivity (Wildman–Crippen MR) is 57.7 cm³/mol. The first-order valence-electron chi connectivity index (χ1n) is 4.34. The van der Waals surface area contributed by atoms with E-state index in [9.17, 15) is 0 Å². The van der Waals surface area contributed by atoms with Gasteiger partial charge in [0.25, 0.3) is 0 Å². The van der Waals surface area contributed by atoms with Gasteiger partial charge in [-0.15, -0.1) is 0 Å². The van der Waals surface area contributed by atoms with E-state index in [1.54, 1.807) is 0 Å². The Morgan fingerprint density at radius 3 is 2.50 bits per heavy atom. The van der Waals surface area contributed by atoms with Crippen LogP contribution in [-0.2, 0) is 0 Å². The second-order valence-electron chi connectivity index (χ2n) is 3.41. The van der Waals surface area contributed by atoms with Gasteiger partial charge in [0.15, 0.2) is 0 Å². The summed E-state index contributed by atoms with van der Waals surface area (Å²) in [6.45, 7) is 11.3. The zero-order valence-corrected chi connectivity index (χ0v) is 9.07. The third kappa shape index (κ3) is 3.11. The van der Waals surface area contributed by atoms with E-state index < -0.39 is 0 Å². The standard InChI is InChI=1S/C10H16BrN/c1-9-3-5-12(6-4-9)8-10(2)7-11/h1-8H2. The van der Waals surface area contributed by atoms with Crippen molar-refractivity contribution in [3.8, 4) is 0 Å². The lowest BCUT2D eigenvalue weighted by molar-refractivity contribution is 0.278. The summed E-state index contributed by atoms with van der Waals surface area (Å²) >= 11 is 3.41. The second-order valence-corrected chi connectivity index (χ2v) is 3.97. The summed E-state index contributed by atoms with van der Waals surface area (Å²) in [5.41, 5.74) is 2.67. The van der Waals surface area contributed by atoms with Crippen LogP contribution in [0.1, 0.15) is 12.8 Å². The minimum Gasteiger partial charge on any atom is -0.299 e. The zero-order chi connectivity index (χ0) is 8.97. The average Bonchev–Trinajstić information content (AvgIpc) is 2.09. The highest BCUT2D eigenvalue weighted by Gasteiger charge is 2.12. The predicted octanol–water partition coefficient (Wildman–Crippen LogP) is 2.59. The Bertz CT molecular complexity index is 176. The van der Waals surface area contributed by atoms with Crippen molar-refractivity contribution in [1.29, 1.82) is 0 Å². The van der Waals surface area contributed by atoms with Crippen LogP contribution in [0.2, 0.25) is 0 Å². The van der Waals surface area contributed by atoms with Crippen molar-refractivity contribution in [1.82, 2.24) is 4.90 Å². The summed E-state index contributed by atoms with van der Waals surface area (Å²) in [5.74, 6) is 0. The molecule has 1 fully saturated rings. The Labute approximate surface area is 83.3 Å². The van der Waals surface area contributed by atoms with Crippen LogP contribution in [0, 0.1) is 0 Å². The van der Waals surface area contributed by atoms with Gasteiger partial charge in [-0.25, -0.2) is 0 Å². The molecule has 0 aromatic heterocycles. The maximum Gasteiger partial charge on any atom is 0.0251 e. The lowest BCUT2D eigenvalue weighted by Gasteiger charge is -2.28. The lowest BCUT2D eigenvalue weighted by atomic mass is 10.1. The summed E-state index contributed by atoms with van der Waals surface area (Å²) in [6.07, 6.45) is 2.32. The van der Waals surface area contributed by atoms with Gasteiger partial charge < -0.3 is 0 Å². The lowest BCUT2D eigenvalue weighted by Crippen LogP contribution is -2.32. The molecule has 0 unspecified atom stereocenters. The molecule has 0 aliphatic carbocycles. The van der Waals surface area contributed by atoms with E-state index in [4.69, 9.17) is 0 Å². The van der Waals surface area contributed by atoms with E-state index >= 15 is 0 Å². The summed E-state index contributed by atoms with van der Waals surface area (Å²) in [7, 11) is 0. The van der Waals surface area contributed by atoms with Crippen molar-refractivity contribution >= 4 is 15.9 Å². The molecule has 68 valence electrons. The maximum absolute atomic E-state index is 3.99. The molecule has 0 N–H and O–H groups in total. The number of hydrogen-bond acceptors (Lipinski definition) is 1. The molecule has 0 aromatic rings. The van der Waals surface area contributed by atoms with Crippen molar-refractivity contribution in [3.63, 3.8) is 0 Å². The molecule has 0 spiro atoms. The van der Waals surface area contributed by atoms with Crippen LogP contribution in [0.25, 0.3) is 0 Å². The van der Waals surface area contributed by atoms with Crippen molar-refractivity contribution in [3.05, 3.63) is 24.3 Å². The summed E-state index contributed by atoms with van der Waals surface area (Å²) in [5, 5.41) is 0.921. The first-order chi connectivity index (χ1) is 5.72. The van der Waals surface area contributed by atoms with Crippen molar-refractivity contribution in [2.45, 2.75) is 12.8 Å². The number of rotatable bonds is 3. The van der Waals surface area contributed by atoms with Gasteiger partial charge in [-0.1, -0.05) is 40.2 Å². The molecule has 0 bridgehead atoms. The fourth-order valence-electron chi connectivity index (χ4n) is 1.39. The molecular weight excluding hydrogens is 214 g/mol. The van der Waals surface area contributed by atoms with Gasteiger partial charge in [0.2, 0.25) is 0 Å². The molecule has 1 rings (SSSR count). The molecule has 12 heavy (non-hydrogen) atoms. The first kappa shape index (κ1) is 10.0. The summed E-state index contributed by atoms with van der Waals surface area (Å²) in [4.78, 5) is 2.44. The number of likely N-dealkylation sites (tertiary alicyclic amines) is 1. The Hall–Kier alpha value is -0.0800. The zero-order valence-electron chi connectivity index (χ0n) is 7.48. The molecular formula is C10H16BrN. The normalized spacial score (nSPS) is 19.6. The molecule has 0 aromatic carbocycles. The van der Waals surface area contributed by atoms with E-state index in [1.807, 2.05) is 0 Å². The van der Waals surface area contributed by atoms with Crippen molar-refractivity contribution in [2.75, 3.05) is 25.0 Å². The third-order valence-electron chi connectivity index (χ3n) is 2.20. The number of hydrogen-bond donors (Lipinski definition) is 0. The van der Waals surface area contributed by atoms with Gasteiger partial charge >= 0.3 is 0 Å². The molecule has 0 saturated carbocycles. The summed E-state index contributed by atoms with van der Waals surface area (Å²) < 4.78 is 0. The van der Waals surface area contributed by atoms with E-state index in [0.29, 0.717) is 0 Å². The van der Waals surface area contributed by atoms with Gasteiger partial charge in [-0.3, -0.25) is 4.90 Å². The highest BCUT2D eigenvalue weighted by atomic mass is 79.9. The first-order valence-corrected chi connectivity index (χ1v) is 5.46. The molecule has 2 heteroatoms. The van der Waals surface area contributed by atoms with Crippen LogP contribution in [0.5, 0.6) is 0 Å². The van der Waals surface area contributed by atoms with Gasteiger partial charge in [0, 0.05) is 25.0 Å². The van der Waals surface area contributed by atoms with Gasteiger partial charge in [-0.2, -0.15) is 0 Å². The molecule has 1 aliphatic rings.